The monoisotopic (exact) mass is 590 g/mol. The molecule has 0 spiro atoms. The van der Waals surface area contributed by atoms with E-state index in [9.17, 15) is 14.0 Å². The molecule has 1 N–H and O–H groups in total. The van der Waals surface area contributed by atoms with Gasteiger partial charge in [0.25, 0.3) is 5.91 Å². The van der Waals surface area contributed by atoms with Gasteiger partial charge in [-0.05, 0) is 43.7 Å². The van der Waals surface area contributed by atoms with Crippen LogP contribution in [-0.2, 0) is 4.74 Å². The highest BCUT2D eigenvalue weighted by Crippen LogP contribution is 2.37. The molecule has 0 bridgehead atoms. The van der Waals surface area contributed by atoms with Crippen molar-refractivity contribution in [1.82, 2.24) is 24.8 Å². The lowest BCUT2D eigenvalue weighted by atomic mass is 10.1. The second-order valence-electron chi connectivity index (χ2n) is 9.65. The molecule has 5 rings (SSSR count). The van der Waals surface area contributed by atoms with Crippen molar-refractivity contribution < 1.29 is 28.2 Å². The summed E-state index contributed by atoms with van der Waals surface area (Å²) in [5.74, 6) is -0.424. The van der Waals surface area contributed by atoms with Gasteiger partial charge < -0.3 is 19.1 Å². The molecule has 3 heterocycles. The Balaban J connectivity index is 1.25. The van der Waals surface area contributed by atoms with E-state index < -0.39 is 18.0 Å². The second kappa shape index (κ2) is 11.9. The minimum absolute atomic E-state index is 0.0122. The van der Waals surface area contributed by atoms with Crippen LogP contribution in [0.25, 0.3) is 31.8 Å². The zero-order chi connectivity index (χ0) is 30.0. The van der Waals surface area contributed by atoms with E-state index in [1.165, 1.54) is 41.7 Å². The Labute approximate surface area is 244 Å². The molecule has 13 heteroatoms. The fourth-order valence-corrected chi connectivity index (χ4v) is 5.06. The molecule has 0 aliphatic rings. The number of rotatable bonds is 8. The van der Waals surface area contributed by atoms with Crippen molar-refractivity contribution in [3.05, 3.63) is 65.9 Å². The van der Waals surface area contributed by atoms with Crippen molar-refractivity contribution in [2.75, 3.05) is 33.1 Å². The van der Waals surface area contributed by atoms with Gasteiger partial charge in [0.2, 0.25) is 5.88 Å². The molecule has 42 heavy (non-hydrogen) atoms. The third-order valence-corrected chi connectivity index (χ3v) is 7.11. The molecular formula is C29H27FN6O5S. The number of methoxy groups -OCH3 is 1. The van der Waals surface area contributed by atoms with Crippen molar-refractivity contribution in [2.24, 2.45) is 0 Å². The largest absolute Gasteiger partial charge is 0.484 e. The minimum atomic E-state index is -0.743. The van der Waals surface area contributed by atoms with Crippen LogP contribution in [0.2, 0.25) is 0 Å². The van der Waals surface area contributed by atoms with Gasteiger partial charge in [0, 0.05) is 31.8 Å². The minimum Gasteiger partial charge on any atom is -0.484 e. The van der Waals surface area contributed by atoms with Crippen molar-refractivity contribution >= 4 is 50.3 Å². The summed E-state index contributed by atoms with van der Waals surface area (Å²) in [5, 5.41) is 3.20. The molecule has 0 fully saturated rings. The summed E-state index contributed by atoms with van der Waals surface area (Å²) in [6.07, 6.45) is 1.51. The lowest BCUT2D eigenvalue weighted by molar-refractivity contribution is 0.0822. The first kappa shape index (κ1) is 28.6. The van der Waals surface area contributed by atoms with Crippen LogP contribution in [-0.4, -0.2) is 70.8 Å². The molecule has 1 atom stereocenters. The maximum absolute atomic E-state index is 15.0. The predicted octanol–water partition coefficient (Wildman–Crippen LogP) is 5.48. The quantitative estimate of drug-likeness (QED) is 0.250. The summed E-state index contributed by atoms with van der Waals surface area (Å²) in [6, 6.07) is 9.82. The van der Waals surface area contributed by atoms with E-state index in [4.69, 9.17) is 14.2 Å². The number of nitrogens with zero attached hydrogens (tertiary/aromatic N) is 5. The van der Waals surface area contributed by atoms with Crippen LogP contribution < -0.4 is 14.8 Å². The number of ether oxygens (including phenoxy) is 3. The van der Waals surface area contributed by atoms with Gasteiger partial charge in [-0.25, -0.2) is 29.1 Å². The Kier molecular flexibility index (Phi) is 8.11. The molecule has 2 aromatic carbocycles. The SMILES string of the molecule is COc1cnc2c(-c3nc4cc(F)c(O[C@@H](C)COC(=O)Nc5ccc(C(=O)N(C)C)nc5)cc4s3)cc(C)cc2n1. The van der Waals surface area contributed by atoms with Crippen molar-refractivity contribution in [3.8, 4) is 22.2 Å². The molecule has 11 nitrogen and oxygen atoms in total. The van der Waals surface area contributed by atoms with Crippen molar-refractivity contribution in [2.45, 2.75) is 20.0 Å². The number of aryl methyl sites for hydroxylation is 1. The van der Waals surface area contributed by atoms with Gasteiger partial charge in [-0.15, -0.1) is 11.3 Å². The fourth-order valence-electron chi connectivity index (χ4n) is 4.07. The lowest BCUT2D eigenvalue weighted by Gasteiger charge is -2.16. The van der Waals surface area contributed by atoms with Gasteiger partial charge in [0.1, 0.15) is 23.4 Å². The highest BCUT2D eigenvalue weighted by Gasteiger charge is 2.18. The highest BCUT2D eigenvalue weighted by atomic mass is 32.1. The maximum atomic E-state index is 15.0. The van der Waals surface area contributed by atoms with Crippen LogP contribution in [0.5, 0.6) is 11.6 Å². The predicted molar refractivity (Wildman–Crippen MR) is 157 cm³/mol. The Morgan fingerprint density at radius 1 is 1.07 bits per heavy atom. The zero-order valence-corrected chi connectivity index (χ0v) is 24.3. The number of benzene rings is 2. The van der Waals surface area contributed by atoms with Crippen LogP contribution in [0.15, 0.2) is 48.8 Å². The first-order valence-electron chi connectivity index (χ1n) is 12.8. The van der Waals surface area contributed by atoms with E-state index >= 15 is 0 Å². The molecule has 216 valence electrons. The third kappa shape index (κ3) is 6.20. The summed E-state index contributed by atoms with van der Waals surface area (Å²) in [7, 11) is 4.77. The summed E-state index contributed by atoms with van der Waals surface area (Å²) in [4.78, 5) is 43.3. The summed E-state index contributed by atoms with van der Waals surface area (Å²) >= 11 is 1.38. The third-order valence-electron chi connectivity index (χ3n) is 6.06. The molecule has 0 aliphatic carbocycles. The van der Waals surface area contributed by atoms with Gasteiger partial charge in [-0.3, -0.25) is 10.1 Å². The molecule has 0 saturated carbocycles. The normalized spacial score (nSPS) is 11.8. The molecule has 3 aromatic heterocycles. The number of hydrogen-bond donors (Lipinski definition) is 1. The molecule has 0 radical (unpaired) electrons. The number of carbonyl (C=O) groups excluding carboxylic acids is 2. The van der Waals surface area contributed by atoms with Crippen LogP contribution >= 0.6 is 11.3 Å². The highest BCUT2D eigenvalue weighted by molar-refractivity contribution is 7.21. The average molecular weight is 591 g/mol. The molecule has 2 amide bonds. The smallest absolute Gasteiger partial charge is 0.411 e. The molecule has 5 aromatic rings. The fraction of sp³-hybridized carbons (Fsp3) is 0.241. The number of hydrogen-bond acceptors (Lipinski definition) is 10. The van der Waals surface area contributed by atoms with Crippen LogP contribution in [0.4, 0.5) is 14.9 Å². The first-order chi connectivity index (χ1) is 20.1. The maximum Gasteiger partial charge on any atom is 0.411 e. The topological polar surface area (TPSA) is 129 Å². The Bertz CT molecular complexity index is 1790. The molecule has 0 unspecified atom stereocenters. The first-order valence-corrected chi connectivity index (χ1v) is 13.6. The Morgan fingerprint density at radius 2 is 1.88 bits per heavy atom. The number of thiazole rings is 1. The van der Waals surface area contributed by atoms with Gasteiger partial charge >= 0.3 is 6.09 Å². The average Bonchev–Trinajstić information content (AvgIpc) is 3.37. The Hall–Kier alpha value is -4.91. The van der Waals surface area contributed by atoms with Gasteiger partial charge in [0.15, 0.2) is 11.6 Å². The number of pyridine rings is 1. The van der Waals surface area contributed by atoms with E-state index in [2.05, 4.69) is 25.3 Å². The van der Waals surface area contributed by atoms with Crippen LogP contribution in [0.1, 0.15) is 23.0 Å². The number of carbonyl (C=O) groups is 2. The number of fused-ring (bicyclic) bond motifs is 2. The Morgan fingerprint density at radius 3 is 2.60 bits per heavy atom. The van der Waals surface area contributed by atoms with E-state index in [-0.39, 0.29) is 24.0 Å². The molecular weight excluding hydrogens is 563 g/mol. The van der Waals surface area contributed by atoms with E-state index in [1.807, 2.05) is 19.1 Å². The summed E-state index contributed by atoms with van der Waals surface area (Å²) in [6.45, 7) is 3.47. The molecule has 0 saturated heterocycles. The van der Waals surface area contributed by atoms with Crippen LogP contribution in [0, 0.1) is 12.7 Å². The zero-order valence-electron chi connectivity index (χ0n) is 23.5. The number of nitrogens with one attached hydrogen (secondary N) is 1. The van der Waals surface area contributed by atoms with Gasteiger partial charge in [0.05, 0.1) is 46.4 Å². The van der Waals surface area contributed by atoms with Gasteiger partial charge in [-0.1, -0.05) is 0 Å². The standard InChI is InChI=1S/C29H27FN6O5S/c1-15-8-18(26-22(9-15)34-25(39-5)13-32-26)27-35-21-10-19(30)23(11-24(21)42-27)41-16(2)14-40-29(38)33-17-6-7-20(31-12-17)28(37)36(3)4/h6-13,16H,14H2,1-5H3,(H,33,38)/t16-/m0/s1. The second-order valence-corrected chi connectivity index (χ2v) is 10.7. The van der Waals surface area contributed by atoms with Crippen molar-refractivity contribution in [3.63, 3.8) is 0 Å². The van der Waals surface area contributed by atoms with E-state index in [0.29, 0.717) is 37.8 Å². The van der Waals surface area contributed by atoms with Gasteiger partial charge in [-0.2, -0.15) is 0 Å². The lowest BCUT2D eigenvalue weighted by Crippen LogP contribution is -2.25. The van der Waals surface area contributed by atoms with Crippen molar-refractivity contribution in [1.29, 1.82) is 0 Å². The number of aromatic nitrogens is 4. The molecule has 0 aliphatic heterocycles. The van der Waals surface area contributed by atoms with E-state index in [1.54, 1.807) is 39.3 Å². The summed E-state index contributed by atoms with van der Waals surface area (Å²) < 4.78 is 31.9. The number of anilines is 1. The van der Waals surface area contributed by atoms with Crippen LogP contribution in [0.3, 0.4) is 0 Å². The number of halogens is 1. The number of amides is 2. The summed E-state index contributed by atoms with van der Waals surface area (Å²) in [5.41, 5.74) is 4.17. The van der Waals surface area contributed by atoms with E-state index in [0.717, 1.165) is 11.1 Å².